The zero-order chi connectivity index (χ0) is 12.7. The lowest BCUT2D eigenvalue weighted by atomic mass is 10.0. The maximum Gasteiger partial charge on any atom is 0.0991 e. The maximum absolute atomic E-state index is 8.89. The molecule has 0 fully saturated rings. The summed E-state index contributed by atoms with van der Waals surface area (Å²) in [6.45, 7) is 6.59. The van der Waals surface area contributed by atoms with Crippen LogP contribution < -0.4 is 5.32 Å². The van der Waals surface area contributed by atoms with Gasteiger partial charge in [-0.3, -0.25) is 0 Å². The number of hydrogen-bond acceptors (Lipinski definition) is 2. The van der Waals surface area contributed by atoms with E-state index in [9.17, 15) is 0 Å². The van der Waals surface area contributed by atoms with E-state index < -0.39 is 0 Å². The Labute approximate surface area is 105 Å². The molecule has 92 valence electrons. The molecule has 1 aromatic carbocycles. The molecule has 2 atom stereocenters. The van der Waals surface area contributed by atoms with Gasteiger partial charge in [-0.25, -0.2) is 0 Å². The van der Waals surface area contributed by atoms with Crippen molar-refractivity contribution in [3.8, 4) is 6.07 Å². The molecule has 0 bridgehead atoms. The van der Waals surface area contributed by atoms with Gasteiger partial charge in [-0.2, -0.15) is 5.26 Å². The van der Waals surface area contributed by atoms with E-state index in [0.717, 1.165) is 12.0 Å². The molecular weight excluding hydrogens is 208 g/mol. The highest BCUT2D eigenvalue weighted by Gasteiger charge is 2.11. The van der Waals surface area contributed by atoms with E-state index in [4.69, 9.17) is 5.26 Å². The van der Waals surface area contributed by atoms with E-state index in [-0.39, 0.29) is 0 Å². The van der Waals surface area contributed by atoms with Crippen molar-refractivity contribution in [3.05, 3.63) is 35.4 Å². The first kappa shape index (κ1) is 13.7. The van der Waals surface area contributed by atoms with Crippen LogP contribution in [0.1, 0.15) is 57.2 Å². The van der Waals surface area contributed by atoms with Gasteiger partial charge in [0.2, 0.25) is 0 Å². The van der Waals surface area contributed by atoms with Crippen molar-refractivity contribution in [2.45, 2.75) is 52.1 Å². The van der Waals surface area contributed by atoms with Crippen molar-refractivity contribution >= 4 is 0 Å². The van der Waals surface area contributed by atoms with Crippen LogP contribution in [0.5, 0.6) is 0 Å². The topological polar surface area (TPSA) is 35.8 Å². The molecule has 1 aromatic rings. The highest BCUT2D eigenvalue weighted by molar-refractivity contribution is 5.34. The van der Waals surface area contributed by atoms with E-state index in [1.165, 1.54) is 18.4 Å². The first-order valence-corrected chi connectivity index (χ1v) is 6.47. The first-order valence-electron chi connectivity index (χ1n) is 6.47. The van der Waals surface area contributed by atoms with Crippen LogP contribution in [0.15, 0.2) is 24.3 Å². The average Bonchev–Trinajstić information content (AvgIpc) is 2.38. The Hall–Kier alpha value is -1.33. The van der Waals surface area contributed by atoms with Crippen LogP contribution in [-0.2, 0) is 0 Å². The van der Waals surface area contributed by atoms with Crippen molar-refractivity contribution in [3.63, 3.8) is 0 Å². The fourth-order valence-corrected chi connectivity index (χ4v) is 2.08. The van der Waals surface area contributed by atoms with Crippen LogP contribution in [0.2, 0.25) is 0 Å². The Morgan fingerprint density at radius 3 is 2.71 bits per heavy atom. The summed E-state index contributed by atoms with van der Waals surface area (Å²) in [7, 11) is 0. The van der Waals surface area contributed by atoms with Gasteiger partial charge in [0.15, 0.2) is 0 Å². The van der Waals surface area contributed by atoms with Crippen molar-refractivity contribution in [1.29, 1.82) is 5.26 Å². The van der Waals surface area contributed by atoms with Crippen molar-refractivity contribution in [1.82, 2.24) is 5.32 Å². The number of hydrogen-bond donors (Lipinski definition) is 1. The van der Waals surface area contributed by atoms with Gasteiger partial charge in [0, 0.05) is 12.1 Å². The van der Waals surface area contributed by atoms with E-state index in [1.807, 2.05) is 18.2 Å². The summed E-state index contributed by atoms with van der Waals surface area (Å²) in [5.41, 5.74) is 1.93. The van der Waals surface area contributed by atoms with Gasteiger partial charge < -0.3 is 5.32 Å². The Balaban J connectivity index is 2.68. The second-order valence-electron chi connectivity index (χ2n) is 4.52. The first-order chi connectivity index (χ1) is 8.21. The molecule has 0 radical (unpaired) electrons. The summed E-state index contributed by atoms with van der Waals surface area (Å²) < 4.78 is 0. The highest BCUT2D eigenvalue weighted by Crippen LogP contribution is 2.16. The highest BCUT2D eigenvalue weighted by atomic mass is 14.9. The summed E-state index contributed by atoms with van der Waals surface area (Å²) in [6.07, 6.45) is 3.56. The number of rotatable bonds is 6. The van der Waals surface area contributed by atoms with Gasteiger partial charge in [0.25, 0.3) is 0 Å². The molecule has 2 heteroatoms. The molecule has 17 heavy (non-hydrogen) atoms. The number of nitrogens with one attached hydrogen (secondary N) is 1. The van der Waals surface area contributed by atoms with E-state index in [1.54, 1.807) is 0 Å². The molecule has 0 amide bonds. The lowest BCUT2D eigenvalue weighted by Crippen LogP contribution is -2.30. The molecule has 0 aliphatic heterocycles. The van der Waals surface area contributed by atoms with E-state index >= 15 is 0 Å². The minimum absolute atomic E-state index is 0.305. The molecule has 0 saturated heterocycles. The summed E-state index contributed by atoms with van der Waals surface area (Å²) in [5.74, 6) is 0. The van der Waals surface area contributed by atoms with Crippen molar-refractivity contribution < 1.29 is 0 Å². The molecule has 2 nitrogen and oxygen atoms in total. The van der Waals surface area contributed by atoms with Crippen molar-refractivity contribution in [2.24, 2.45) is 0 Å². The second-order valence-corrected chi connectivity index (χ2v) is 4.52. The van der Waals surface area contributed by atoms with Crippen LogP contribution in [0.3, 0.4) is 0 Å². The van der Waals surface area contributed by atoms with Crippen LogP contribution in [-0.4, -0.2) is 6.04 Å². The molecule has 1 N–H and O–H groups in total. The second kappa shape index (κ2) is 7.09. The van der Waals surface area contributed by atoms with Crippen LogP contribution >= 0.6 is 0 Å². The minimum Gasteiger partial charge on any atom is -0.307 e. The Kier molecular flexibility index (Phi) is 5.72. The van der Waals surface area contributed by atoms with Crippen LogP contribution in [0.4, 0.5) is 0 Å². The lowest BCUT2D eigenvalue weighted by Gasteiger charge is -2.22. The molecule has 0 heterocycles. The number of nitrogens with zero attached hydrogens (tertiary/aromatic N) is 1. The van der Waals surface area contributed by atoms with E-state index in [2.05, 4.69) is 38.2 Å². The maximum atomic E-state index is 8.89. The quantitative estimate of drug-likeness (QED) is 0.807. The van der Waals surface area contributed by atoms with Crippen LogP contribution in [0.25, 0.3) is 0 Å². The third kappa shape index (κ3) is 4.20. The third-order valence-electron chi connectivity index (χ3n) is 3.13. The van der Waals surface area contributed by atoms with Gasteiger partial charge in [-0.1, -0.05) is 32.4 Å². The molecule has 2 unspecified atom stereocenters. The summed E-state index contributed by atoms with van der Waals surface area (Å²) in [4.78, 5) is 0. The summed E-state index contributed by atoms with van der Waals surface area (Å²) >= 11 is 0. The minimum atomic E-state index is 0.305. The SMILES string of the molecule is CCCC(CC)NC(C)c1cccc(C#N)c1. The predicted molar refractivity (Wildman–Crippen MR) is 71.7 cm³/mol. The molecule has 0 spiro atoms. The summed E-state index contributed by atoms with van der Waals surface area (Å²) in [5, 5.41) is 12.5. The fraction of sp³-hybridized carbons (Fsp3) is 0.533. The van der Waals surface area contributed by atoms with Gasteiger partial charge in [0.05, 0.1) is 11.6 Å². The molecule has 0 aromatic heterocycles. The number of nitriles is 1. The van der Waals surface area contributed by atoms with Gasteiger partial charge in [-0.15, -0.1) is 0 Å². The Morgan fingerprint density at radius 1 is 1.35 bits per heavy atom. The van der Waals surface area contributed by atoms with E-state index in [0.29, 0.717) is 12.1 Å². The monoisotopic (exact) mass is 230 g/mol. The molecule has 0 saturated carbocycles. The zero-order valence-electron chi connectivity index (χ0n) is 11.0. The smallest absolute Gasteiger partial charge is 0.0991 e. The third-order valence-corrected chi connectivity index (χ3v) is 3.13. The fourth-order valence-electron chi connectivity index (χ4n) is 2.08. The Bertz CT molecular complexity index is 379. The lowest BCUT2D eigenvalue weighted by molar-refractivity contribution is 0.417. The number of benzene rings is 1. The van der Waals surface area contributed by atoms with Gasteiger partial charge >= 0.3 is 0 Å². The largest absolute Gasteiger partial charge is 0.307 e. The molecule has 0 aliphatic rings. The molecular formula is C15H22N2. The zero-order valence-corrected chi connectivity index (χ0v) is 11.0. The summed E-state index contributed by atoms with van der Waals surface area (Å²) in [6, 6.07) is 10.9. The predicted octanol–water partition coefficient (Wildman–Crippen LogP) is 3.79. The van der Waals surface area contributed by atoms with Crippen LogP contribution in [0, 0.1) is 11.3 Å². The standard InChI is InChI=1S/C15H22N2/c1-4-7-15(5-2)17-12(3)14-9-6-8-13(10-14)11-16/h6,8-10,12,15,17H,4-5,7H2,1-3H3. The Morgan fingerprint density at radius 2 is 2.12 bits per heavy atom. The average molecular weight is 230 g/mol. The van der Waals surface area contributed by atoms with Gasteiger partial charge in [-0.05, 0) is 37.5 Å². The van der Waals surface area contributed by atoms with Gasteiger partial charge in [0.1, 0.15) is 0 Å². The van der Waals surface area contributed by atoms with Crippen molar-refractivity contribution in [2.75, 3.05) is 0 Å². The normalized spacial score (nSPS) is 14.0. The molecule has 1 rings (SSSR count). The molecule has 0 aliphatic carbocycles.